The zero-order chi connectivity index (χ0) is 18.2. The van der Waals surface area contributed by atoms with Gasteiger partial charge in [-0.1, -0.05) is 20.8 Å². The van der Waals surface area contributed by atoms with E-state index in [2.05, 4.69) is 44.7 Å². The molecule has 1 saturated carbocycles. The van der Waals surface area contributed by atoms with Crippen LogP contribution in [0.2, 0.25) is 18.1 Å². The molecule has 1 heterocycles. The number of aromatic nitrogens is 2. The lowest BCUT2D eigenvalue weighted by molar-refractivity contribution is 0.169. The van der Waals surface area contributed by atoms with Crippen LogP contribution >= 0.6 is 0 Å². The van der Waals surface area contributed by atoms with Gasteiger partial charge in [-0.15, -0.1) is 0 Å². The van der Waals surface area contributed by atoms with E-state index in [1.807, 2.05) is 18.2 Å². The summed E-state index contributed by atoms with van der Waals surface area (Å²) in [4.78, 5) is 0. The number of rotatable bonds is 4. The summed E-state index contributed by atoms with van der Waals surface area (Å²) < 4.78 is 8.60. The highest BCUT2D eigenvalue weighted by atomic mass is 28.4. The summed E-state index contributed by atoms with van der Waals surface area (Å²) in [5, 5.41) is 6.19. The molecule has 5 heteroatoms. The molecule has 0 unspecified atom stereocenters. The molecule has 1 aliphatic rings. The maximum Gasteiger partial charge on any atom is 0.191 e. The van der Waals surface area contributed by atoms with E-state index in [9.17, 15) is 0 Å². The largest absolute Gasteiger partial charge is 0.417 e. The van der Waals surface area contributed by atoms with Gasteiger partial charge < -0.3 is 10.2 Å². The Hall–Kier alpha value is -1.33. The van der Waals surface area contributed by atoms with Gasteiger partial charge in [-0.25, -0.2) is 0 Å². The summed E-state index contributed by atoms with van der Waals surface area (Å²) in [5.74, 6) is 0.700. The van der Waals surface area contributed by atoms with Gasteiger partial charge in [-0.2, -0.15) is 5.10 Å². The fourth-order valence-electron chi connectivity index (χ4n) is 3.37. The molecule has 0 saturated heterocycles. The predicted octanol–water partition coefficient (Wildman–Crippen LogP) is 5.37. The molecule has 4 nitrogen and oxygen atoms in total. The third-order valence-corrected chi connectivity index (χ3v) is 10.7. The second-order valence-electron chi connectivity index (χ2n) is 9.17. The molecule has 1 aromatic carbocycles. The zero-order valence-electron chi connectivity index (χ0n) is 16.4. The molecule has 0 amide bonds. The molecule has 2 aromatic rings. The van der Waals surface area contributed by atoms with E-state index >= 15 is 0 Å². The number of nitrogen functional groups attached to an aromatic ring is 1. The molecule has 0 bridgehead atoms. The molecule has 25 heavy (non-hydrogen) atoms. The Morgan fingerprint density at radius 3 is 2.52 bits per heavy atom. The molecule has 1 fully saturated rings. The van der Waals surface area contributed by atoms with E-state index in [1.165, 1.54) is 25.7 Å². The van der Waals surface area contributed by atoms with Crippen molar-refractivity contribution in [1.29, 1.82) is 0 Å². The van der Waals surface area contributed by atoms with Gasteiger partial charge in [0.2, 0.25) is 0 Å². The van der Waals surface area contributed by atoms with Gasteiger partial charge in [-0.3, -0.25) is 4.68 Å². The minimum Gasteiger partial charge on any atom is -0.417 e. The highest BCUT2D eigenvalue weighted by Crippen LogP contribution is 2.38. The van der Waals surface area contributed by atoms with E-state index in [-0.39, 0.29) is 0 Å². The first-order chi connectivity index (χ1) is 11.7. The van der Waals surface area contributed by atoms with Gasteiger partial charge in [-0.05, 0) is 67.9 Å². The lowest BCUT2D eigenvalue weighted by Gasteiger charge is -2.38. The van der Waals surface area contributed by atoms with Gasteiger partial charge in [0.15, 0.2) is 8.32 Å². The van der Waals surface area contributed by atoms with E-state index in [4.69, 9.17) is 15.3 Å². The van der Waals surface area contributed by atoms with Gasteiger partial charge in [0.05, 0.1) is 11.6 Å². The van der Waals surface area contributed by atoms with Crippen LogP contribution in [-0.4, -0.2) is 24.7 Å². The van der Waals surface area contributed by atoms with Crippen molar-refractivity contribution >= 4 is 24.9 Å². The van der Waals surface area contributed by atoms with Crippen LogP contribution < -0.4 is 5.73 Å². The first kappa shape index (κ1) is 18.5. The normalized spacial score (nSPS) is 22.4. The molecule has 0 atom stereocenters. The summed E-state index contributed by atoms with van der Waals surface area (Å²) in [6, 6.07) is 6.46. The summed E-state index contributed by atoms with van der Waals surface area (Å²) in [7, 11) is -1.63. The fraction of sp³-hybridized carbons (Fsp3) is 0.650. The van der Waals surface area contributed by atoms with Gasteiger partial charge in [0, 0.05) is 23.9 Å². The lowest BCUT2D eigenvalue weighted by atomic mass is 9.87. The predicted molar refractivity (Wildman–Crippen MR) is 108 cm³/mol. The Bertz CT molecular complexity index is 724. The Balaban J connectivity index is 1.56. The second kappa shape index (κ2) is 6.76. The first-order valence-corrected chi connectivity index (χ1v) is 12.4. The fourth-order valence-corrected chi connectivity index (χ4v) is 4.45. The van der Waals surface area contributed by atoms with Crippen LogP contribution in [0.4, 0.5) is 5.69 Å². The van der Waals surface area contributed by atoms with E-state index < -0.39 is 8.32 Å². The molecule has 1 aromatic heterocycles. The zero-order valence-corrected chi connectivity index (χ0v) is 17.4. The van der Waals surface area contributed by atoms with Crippen molar-refractivity contribution < 1.29 is 4.43 Å². The average Bonchev–Trinajstić information content (AvgIpc) is 2.95. The highest BCUT2D eigenvalue weighted by Gasteiger charge is 2.37. The van der Waals surface area contributed by atoms with Crippen LogP contribution in [0.25, 0.3) is 10.9 Å². The molecule has 1 aliphatic carbocycles. The monoisotopic (exact) mass is 359 g/mol. The summed E-state index contributed by atoms with van der Waals surface area (Å²) in [6.07, 6.45) is 7.00. The molecule has 0 spiro atoms. The van der Waals surface area contributed by atoms with Gasteiger partial charge >= 0.3 is 0 Å². The SMILES string of the molecule is CC(C)(C)[Si](C)(C)OCC1CCC(n2cc3cc(N)ccc3n2)CC1. The molecule has 3 rings (SSSR count). The van der Waals surface area contributed by atoms with Crippen molar-refractivity contribution in [3.05, 3.63) is 24.4 Å². The van der Waals surface area contributed by atoms with E-state index in [0.29, 0.717) is 17.0 Å². The van der Waals surface area contributed by atoms with Crippen LogP contribution in [0.15, 0.2) is 24.4 Å². The Labute approximate surface area is 152 Å². The highest BCUT2D eigenvalue weighted by molar-refractivity contribution is 6.74. The maximum atomic E-state index is 6.44. The quantitative estimate of drug-likeness (QED) is 0.589. The number of nitrogens with two attached hydrogens (primary N) is 1. The standard InChI is InChI=1S/C20H33N3OSi/c1-20(2,3)25(4,5)24-14-15-6-9-18(10-7-15)23-13-16-12-17(21)8-11-19(16)22-23/h8,11-13,15,18H,6-7,9-10,14,21H2,1-5H3. The lowest BCUT2D eigenvalue weighted by Crippen LogP contribution is -2.42. The minimum absolute atomic E-state index is 0.293. The molecule has 0 aliphatic heterocycles. The third-order valence-electron chi connectivity index (χ3n) is 6.22. The van der Waals surface area contributed by atoms with Crippen molar-refractivity contribution in [3.8, 4) is 0 Å². The van der Waals surface area contributed by atoms with Crippen molar-refractivity contribution in [2.75, 3.05) is 12.3 Å². The number of hydrogen-bond donors (Lipinski definition) is 1. The van der Waals surface area contributed by atoms with Crippen molar-refractivity contribution in [3.63, 3.8) is 0 Å². The van der Waals surface area contributed by atoms with Crippen LogP contribution in [0.1, 0.15) is 52.5 Å². The molecule has 2 N–H and O–H groups in total. The van der Waals surface area contributed by atoms with Crippen molar-refractivity contribution in [2.24, 2.45) is 5.92 Å². The second-order valence-corrected chi connectivity index (χ2v) is 14.0. The third kappa shape index (κ3) is 4.09. The number of fused-ring (bicyclic) bond motifs is 1. The number of nitrogens with zero attached hydrogens (tertiary/aromatic N) is 2. The molecular weight excluding hydrogens is 326 g/mol. The van der Waals surface area contributed by atoms with Crippen LogP contribution in [0, 0.1) is 5.92 Å². The summed E-state index contributed by atoms with van der Waals surface area (Å²) in [5.41, 5.74) is 7.72. The topological polar surface area (TPSA) is 53.1 Å². The van der Waals surface area contributed by atoms with Crippen molar-refractivity contribution in [2.45, 2.75) is 70.6 Å². The Morgan fingerprint density at radius 1 is 1.20 bits per heavy atom. The number of hydrogen-bond acceptors (Lipinski definition) is 3. The van der Waals surface area contributed by atoms with Gasteiger partial charge in [0.25, 0.3) is 0 Å². The Kier molecular flexibility index (Phi) is 4.99. The minimum atomic E-state index is -1.63. The van der Waals surface area contributed by atoms with E-state index in [1.54, 1.807) is 0 Å². The smallest absolute Gasteiger partial charge is 0.191 e. The molecule has 0 radical (unpaired) electrons. The van der Waals surface area contributed by atoms with Crippen LogP contribution in [-0.2, 0) is 4.43 Å². The van der Waals surface area contributed by atoms with Crippen LogP contribution in [0.3, 0.4) is 0 Å². The number of anilines is 1. The van der Waals surface area contributed by atoms with Gasteiger partial charge in [0.1, 0.15) is 0 Å². The molecular formula is C20H33N3OSi. The Morgan fingerprint density at radius 2 is 1.88 bits per heavy atom. The summed E-state index contributed by atoms with van der Waals surface area (Å²) >= 11 is 0. The van der Waals surface area contributed by atoms with E-state index in [0.717, 1.165) is 23.2 Å². The van der Waals surface area contributed by atoms with Crippen molar-refractivity contribution in [1.82, 2.24) is 9.78 Å². The molecule has 138 valence electrons. The first-order valence-electron chi connectivity index (χ1n) is 9.54. The van der Waals surface area contributed by atoms with Crippen LogP contribution in [0.5, 0.6) is 0 Å². The maximum absolute atomic E-state index is 6.44. The average molecular weight is 360 g/mol. The summed E-state index contributed by atoms with van der Waals surface area (Å²) in [6.45, 7) is 12.6. The number of benzene rings is 1.